The number of hydrogen-bond acceptors (Lipinski definition) is 5. The first-order chi connectivity index (χ1) is 10.8. The number of carbonyl (C=O) groups is 1. The van der Waals surface area contributed by atoms with Gasteiger partial charge in [0.25, 0.3) is 5.91 Å². The molecule has 2 fully saturated rings. The summed E-state index contributed by atoms with van der Waals surface area (Å²) in [5.74, 6) is 0.595. The lowest BCUT2D eigenvalue weighted by atomic mass is 9.85. The van der Waals surface area contributed by atoms with Crippen LogP contribution in [0.4, 0.5) is 0 Å². The number of nitrogens with zero attached hydrogens (tertiary/aromatic N) is 1. The summed E-state index contributed by atoms with van der Waals surface area (Å²) in [7, 11) is -3.37. The third-order valence-electron chi connectivity index (χ3n) is 4.50. The SMILES string of the molecule is Cc1occc1C(=O)N1C[C@@H]2CCCO[C@@H]2[C@H](NS(C)(=O)=O)C1. The second-order valence-electron chi connectivity index (χ2n) is 6.33. The standard InChI is InChI=1S/C15H22N2O5S/c1-10-12(5-7-21-10)15(18)17-8-11-4-3-6-22-14(11)13(9-17)16-23(2,19)20/h5,7,11,13-14,16H,3-4,6,8-9H2,1-2H3/t11-,13+,14-/m0/s1. The molecule has 1 aromatic heterocycles. The summed E-state index contributed by atoms with van der Waals surface area (Å²) in [6.07, 6.45) is 4.31. The van der Waals surface area contributed by atoms with Gasteiger partial charge in [0.2, 0.25) is 10.0 Å². The van der Waals surface area contributed by atoms with E-state index in [2.05, 4.69) is 4.72 Å². The highest BCUT2D eigenvalue weighted by atomic mass is 32.2. The second kappa shape index (κ2) is 6.26. The van der Waals surface area contributed by atoms with Crippen LogP contribution in [0.15, 0.2) is 16.7 Å². The summed E-state index contributed by atoms with van der Waals surface area (Å²) < 4.78 is 36.9. The molecule has 23 heavy (non-hydrogen) atoms. The van der Waals surface area contributed by atoms with E-state index in [1.807, 2.05) is 0 Å². The molecule has 0 radical (unpaired) electrons. The van der Waals surface area contributed by atoms with Gasteiger partial charge in [-0.3, -0.25) is 4.79 Å². The molecule has 1 N–H and O–H groups in total. The molecule has 0 bridgehead atoms. The van der Waals surface area contributed by atoms with Gasteiger partial charge in [0.05, 0.1) is 30.2 Å². The number of rotatable bonds is 3. The lowest BCUT2D eigenvalue weighted by Gasteiger charge is -2.45. The number of piperidine rings is 1. The summed E-state index contributed by atoms with van der Waals surface area (Å²) in [4.78, 5) is 14.4. The summed E-state index contributed by atoms with van der Waals surface area (Å²) in [5, 5.41) is 0. The Hall–Kier alpha value is -1.38. The number of sulfonamides is 1. The van der Waals surface area contributed by atoms with Crippen LogP contribution < -0.4 is 4.72 Å². The van der Waals surface area contributed by atoms with Gasteiger partial charge in [0.1, 0.15) is 5.76 Å². The maximum Gasteiger partial charge on any atom is 0.257 e. The van der Waals surface area contributed by atoms with E-state index in [0.717, 1.165) is 19.1 Å². The lowest BCUT2D eigenvalue weighted by molar-refractivity contribution is -0.0749. The number of fused-ring (bicyclic) bond motifs is 1. The Balaban J connectivity index is 1.82. The highest BCUT2D eigenvalue weighted by Gasteiger charge is 2.42. The summed E-state index contributed by atoms with van der Waals surface area (Å²) in [6.45, 7) is 3.27. The van der Waals surface area contributed by atoms with Crippen molar-refractivity contribution in [2.24, 2.45) is 5.92 Å². The van der Waals surface area contributed by atoms with E-state index >= 15 is 0 Å². The number of likely N-dealkylation sites (tertiary alicyclic amines) is 1. The van der Waals surface area contributed by atoms with E-state index in [4.69, 9.17) is 9.15 Å². The predicted octanol–water partition coefficient (Wildman–Crippen LogP) is 0.757. The number of carbonyl (C=O) groups excluding carboxylic acids is 1. The quantitative estimate of drug-likeness (QED) is 0.876. The zero-order valence-corrected chi connectivity index (χ0v) is 14.1. The molecule has 3 rings (SSSR count). The number of aryl methyl sites for hydroxylation is 1. The molecule has 1 aromatic rings. The molecule has 3 atom stereocenters. The molecular formula is C15H22N2O5S. The highest BCUT2D eigenvalue weighted by Crippen LogP contribution is 2.30. The van der Waals surface area contributed by atoms with E-state index in [-0.39, 0.29) is 17.9 Å². The number of furan rings is 1. The third-order valence-corrected chi connectivity index (χ3v) is 5.24. The molecule has 3 heterocycles. The van der Waals surface area contributed by atoms with Gasteiger partial charge in [-0.25, -0.2) is 13.1 Å². The fourth-order valence-electron chi connectivity index (χ4n) is 3.53. The van der Waals surface area contributed by atoms with Crippen molar-refractivity contribution >= 4 is 15.9 Å². The Labute approximate surface area is 136 Å². The summed E-state index contributed by atoms with van der Waals surface area (Å²) >= 11 is 0. The van der Waals surface area contributed by atoms with Crippen molar-refractivity contribution in [2.75, 3.05) is 26.0 Å². The maximum absolute atomic E-state index is 12.7. The molecule has 0 aromatic carbocycles. The normalized spacial score (nSPS) is 28.4. The Bertz CT molecular complexity index is 684. The van der Waals surface area contributed by atoms with E-state index in [1.54, 1.807) is 17.9 Å². The van der Waals surface area contributed by atoms with Crippen LogP contribution in [0.25, 0.3) is 0 Å². The van der Waals surface area contributed by atoms with Crippen molar-refractivity contribution in [1.82, 2.24) is 9.62 Å². The first-order valence-corrected chi connectivity index (χ1v) is 9.66. The van der Waals surface area contributed by atoms with Gasteiger partial charge >= 0.3 is 0 Å². The fraction of sp³-hybridized carbons (Fsp3) is 0.667. The van der Waals surface area contributed by atoms with E-state index in [0.29, 0.717) is 31.0 Å². The molecule has 0 spiro atoms. The van der Waals surface area contributed by atoms with Crippen molar-refractivity contribution in [2.45, 2.75) is 31.9 Å². The Morgan fingerprint density at radius 2 is 2.17 bits per heavy atom. The van der Waals surface area contributed by atoms with Crippen LogP contribution in [-0.2, 0) is 14.8 Å². The minimum absolute atomic E-state index is 0.124. The van der Waals surface area contributed by atoms with Crippen LogP contribution in [0.2, 0.25) is 0 Å². The van der Waals surface area contributed by atoms with Gasteiger partial charge in [-0.1, -0.05) is 0 Å². The van der Waals surface area contributed by atoms with Crippen molar-refractivity contribution in [3.63, 3.8) is 0 Å². The second-order valence-corrected chi connectivity index (χ2v) is 8.11. The lowest BCUT2D eigenvalue weighted by Crippen LogP contribution is -2.61. The molecular weight excluding hydrogens is 320 g/mol. The van der Waals surface area contributed by atoms with Crippen LogP contribution in [0.3, 0.4) is 0 Å². The molecule has 0 aliphatic carbocycles. The number of hydrogen-bond donors (Lipinski definition) is 1. The largest absolute Gasteiger partial charge is 0.469 e. The first-order valence-electron chi connectivity index (χ1n) is 7.77. The Morgan fingerprint density at radius 1 is 1.39 bits per heavy atom. The number of nitrogens with one attached hydrogen (secondary N) is 1. The van der Waals surface area contributed by atoms with Crippen molar-refractivity contribution in [3.8, 4) is 0 Å². The first kappa shape index (κ1) is 16.5. The van der Waals surface area contributed by atoms with Gasteiger partial charge in [-0.05, 0) is 25.8 Å². The molecule has 128 valence electrons. The average Bonchev–Trinajstić information content (AvgIpc) is 2.91. The molecule has 2 aliphatic rings. The van der Waals surface area contributed by atoms with Crippen molar-refractivity contribution in [1.29, 1.82) is 0 Å². The zero-order chi connectivity index (χ0) is 16.6. The van der Waals surface area contributed by atoms with Crippen LogP contribution in [0.1, 0.15) is 29.0 Å². The van der Waals surface area contributed by atoms with Crippen LogP contribution in [-0.4, -0.2) is 57.3 Å². The zero-order valence-electron chi connectivity index (χ0n) is 13.3. The van der Waals surface area contributed by atoms with E-state index in [1.165, 1.54) is 6.26 Å². The average molecular weight is 342 g/mol. The minimum Gasteiger partial charge on any atom is -0.469 e. The summed E-state index contributed by atoms with van der Waals surface area (Å²) in [6, 6.07) is 1.24. The third kappa shape index (κ3) is 3.59. The molecule has 2 aliphatic heterocycles. The number of ether oxygens (including phenoxy) is 1. The minimum atomic E-state index is -3.37. The van der Waals surface area contributed by atoms with Crippen molar-refractivity contribution < 1.29 is 22.4 Å². The van der Waals surface area contributed by atoms with Crippen LogP contribution in [0.5, 0.6) is 0 Å². The predicted molar refractivity (Wildman–Crippen MR) is 83.6 cm³/mol. The molecule has 8 heteroatoms. The molecule has 7 nitrogen and oxygen atoms in total. The molecule has 0 saturated carbocycles. The van der Waals surface area contributed by atoms with Crippen molar-refractivity contribution in [3.05, 3.63) is 23.7 Å². The fourth-order valence-corrected chi connectivity index (χ4v) is 4.28. The smallest absolute Gasteiger partial charge is 0.257 e. The molecule has 2 saturated heterocycles. The van der Waals surface area contributed by atoms with Gasteiger partial charge in [0.15, 0.2) is 0 Å². The Morgan fingerprint density at radius 3 is 2.83 bits per heavy atom. The maximum atomic E-state index is 12.7. The van der Waals surface area contributed by atoms with Gasteiger partial charge in [-0.15, -0.1) is 0 Å². The highest BCUT2D eigenvalue weighted by molar-refractivity contribution is 7.88. The van der Waals surface area contributed by atoms with Crippen LogP contribution in [0, 0.1) is 12.8 Å². The monoisotopic (exact) mass is 342 g/mol. The van der Waals surface area contributed by atoms with E-state index in [9.17, 15) is 13.2 Å². The molecule has 0 unspecified atom stereocenters. The Kier molecular flexibility index (Phi) is 4.48. The van der Waals surface area contributed by atoms with Crippen LogP contribution >= 0.6 is 0 Å². The molecule has 1 amide bonds. The van der Waals surface area contributed by atoms with Gasteiger partial charge in [-0.2, -0.15) is 0 Å². The van der Waals surface area contributed by atoms with E-state index < -0.39 is 16.1 Å². The van der Waals surface area contributed by atoms with Gasteiger partial charge in [0, 0.05) is 25.6 Å². The topological polar surface area (TPSA) is 88.8 Å². The summed E-state index contributed by atoms with van der Waals surface area (Å²) in [5.41, 5.74) is 0.526. The number of amides is 1. The van der Waals surface area contributed by atoms with Gasteiger partial charge < -0.3 is 14.1 Å².